The lowest BCUT2D eigenvalue weighted by Gasteiger charge is -2.28. The van der Waals surface area contributed by atoms with Gasteiger partial charge in [0.25, 0.3) is 0 Å². The zero-order valence-corrected chi connectivity index (χ0v) is 12.1. The summed E-state index contributed by atoms with van der Waals surface area (Å²) in [5.74, 6) is -0.226. The van der Waals surface area contributed by atoms with Gasteiger partial charge in [-0.3, -0.25) is 0 Å². The van der Waals surface area contributed by atoms with Crippen molar-refractivity contribution in [3.8, 4) is 0 Å². The molecule has 0 saturated carbocycles. The summed E-state index contributed by atoms with van der Waals surface area (Å²) in [6.07, 6.45) is 2.12. The van der Waals surface area contributed by atoms with Crippen LogP contribution in [0.15, 0.2) is 12.1 Å². The number of hydrogen-bond acceptors (Lipinski definition) is 3. The van der Waals surface area contributed by atoms with Crippen molar-refractivity contribution in [3.63, 3.8) is 0 Å². The smallest absolute Gasteiger partial charge is 0.126 e. The van der Waals surface area contributed by atoms with E-state index in [2.05, 4.69) is 11.8 Å². The highest BCUT2D eigenvalue weighted by Gasteiger charge is 2.16. The van der Waals surface area contributed by atoms with E-state index in [-0.39, 0.29) is 18.5 Å². The third-order valence-electron chi connectivity index (χ3n) is 3.29. The first-order chi connectivity index (χ1) is 9.01. The van der Waals surface area contributed by atoms with E-state index in [9.17, 15) is 9.50 Å². The van der Waals surface area contributed by atoms with Gasteiger partial charge in [0.2, 0.25) is 0 Å². The van der Waals surface area contributed by atoms with E-state index in [0.29, 0.717) is 12.1 Å². The molecule has 0 aromatic heterocycles. The highest BCUT2D eigenvalue weighted by Crippen LogP contribution is 2.28. The van der Waals surface area contributed by atoms with Gasteiger partial charge in [0.05, 0.1) is 6.61 Å². The maximum Gasteiger partial charge on any atom is 0.126 e. The molecule has 3 nitrogen and oxygen atoms in total. The lowest BCUT2D eigenvalue weighted by Crippen LogP contribution is -2.29. The molecule has 4 heteroatoms. The summed E-state index contributed by atoms with van der Waals surface area (Å²) in [5, 5.41) is 9.20. The van der Waals surface area contributed by atoms with Crippen LogP contribution in [-0.2, 0) is 0 Å². The number of rotatable bonds is 7. The molecule has 0 saturated heterocycles. The van der Waals surface area contributed by atoms with Gasteiger partial charge in [0.1, 0.15) is 5.82 Å². The second kappa shape index (κ2) is 7.46. The molecule has 0 amide bonds. The SMILES string of the molecule is CCCCN(CCO)c1cc(C)c(F)cc1C(C)N. The minimum atomic E-state index is -0.229. The fraction of sp³-hybridized carbons (Fsp3) is 0.600. The third kappa shape index (κ3) is 4.18. The van der Waals surface area contributed by atoms with Crippen LogP contribution in [0.5, 0.6) is 0 Å². The summed E-state index contributed by atoms with van der Waals surface area (Å²) >= 11 is 0. The molecule has 0 aliphatic rings. The van der Waals surface area contributed by atoms with Crippen molar-refractivity contribution in [3.05, 3.63) is 29.1 Å². The van der Waals surface area contributed by atoms with Crippen molar-refractivity contribution in [2.45, 2.75) is 39.7 Å². The van der Waals surface area contributed by atoms with Gasteiger partial charge >= 0.3 is 0 Å². The highest BCUT2D eigenvalue weighted by atomic mass is 19.1. The molecule has 0 aliphatic heterocycles. The Morgan fingerprint density at radius 2 is 2.05 bits per heavy atom. The second-order valence-corrected chi connectivity index (χ2v) is 5.01. The Kier molecular flexibility index (Phi) is 6.25. The van der Waals surface area contributed by atoms with Crippen LogP contribution in [0, 0.1) is 12.7 Å². The Morgan fingerprint density at radius 3 is 2.58 bits per heavy atom. The number of nitrogens with zero attached hydrogens (tertiary/aromatic N) is 1. The average Bonchev–Trinajstić information content (AvgIpc) is 2.37. The van der Waals surface area contributed by atoms with Crippen molar-refractivity contribution < 1.29 is 9.50 Å². The summed E-state index contributed by atoms with van der Waals surface area (Å²) in [7, 11) is 0. The predicted octanol–water partition coefficient (Wildman–Crippen LogP) is 2.75. The van der Waals surface area contributed by atoms with Crippen LogP contribution in [0.1, 0.15) is 43.9 Å². The number of aliphatic hydroxyl groups is 1. The summed E-state index contributed by atoms with van der Waals surface area (Å²) < 4.78 is 13.7. The lowest BCUT2D eigenvalue weighted by atomic mass is 10.0. The first-order valence-corrected chi connectivity index (χ1v) is 6.92. The van der Waals surface area contributed by atoms with E-state index < -0.39 is 0 Å². The molecule has 1 atom stereocenters. The van der Waals surface area contributed by atoms with Crippen LogP contribution in [-0.4, -0.2) is 24.8 Å². The molecule has 0 aliphatic carbocycles. The van der Waals surface area contributed by atoms with Crippen LogP contribution in [0.2, 0.25) is 0 Å². The predicted molar refractivity (Wildman–Crippen MR) is 77.9 cm³/mol. The van der Waals surface area contributed by atoms with E-state index in [1.165, 1.54) is 6.07 Å². The molecule has 1 unspecified atom stereocenters. The number of aryl methyl sites for hydroxylation is 1. The monoisotopic (exact) mass is 268 g/mol. The molecule has 0 spiro atoms. The molecule has 19 heavy (non-hydrogen) atoms. The van der Waals surface area contributed by atoms with Gasteiger partial charge in [0, 0.05) is 24.8 Å². The van der Waals surface area contributed by atoms with E-state index in [1.807, 2.05) is 13.0 Å². The number of nitrogens with two attached hydrogens (primary N) is 1. The molecule has 1 aromatic carbocycles. The Balaban J connectivity index is 3.15. The number of halogens is 1. The normalized spacial score (nSPS) is 12.5. The maximum absolute atomic E-state index is 13.7. The summed E-state index contributed by atoms with van der Waals surface area (Å²) in [6.45, 7) is 7.20. The van der Waals surface area contributed by atoms with Crippen LogP contribution < -0.4 is 10.6 Å². The van der Waals surface area contributed by atoms with Gasteiger partial charge in [-0.2, -0.15) is 0 Å². The number of benzene rings is 1. The van der Waals surface area contributed by atoms with Crippen molar-refractivity contribution >= 4 is 5.69 Å². The zero-order valence-electron chi connectivity index (χ0n) is 12.1. The van der Waals surface area contributed by atoms with Crippen LogP contribution >= 0.6 is 0 Å². The fourth-order valence-electron chi connectivity index (χ4n) is 2.14. The van der Waals surface area contributed by atoms with Crippen molar-refractivity contribution in [2.24, 2.45) is 5.73 Å². The Labute approximate surface area is 115 Å². The van der Waals surface area contributed by atoms with E-state index in [1.54, 1.807) is 6.92 Å². The van der Waals surface area contributed by atoms with Crippen molar-refractivity contribution in [2.75, 3.05) is 24.6 Å². The lowest BCUT2D eigenvalue weighted by molar-refractivity contribution is 0.301. The van der Waals surface area contributed by atoms with E-state index >= 15 is 0 Å². The van der Waals surface area contributed by atoms with Crippen molar-refractivity contribution in [1.82, 2.24) is 0 Å². The van der Waals surface area contributed by atoms with Gasteiger partial charge in [-0.25, -0.2) is 4.39 Å². The maximum atomic E-state index is 13.7. The minimum absolute atomic E-state index is 0.0819. The first kappa shape index (κ1) is 15.9. The second-order valence-electron chi connectivity index (χ2n) is 5.01. The molecule has 1 rings (SSSR count). The molecular formula is C15H25FN2O. The Morgan fingerprint density at radius 1 is 1.37 bits per heavy atom. The summed E-state index contributed by atoms with van der Waals surface area (Å²) in [5.41, 5.74) is 8.29. The minimum Gasteiger partial charge on any atom is -0.395 e. The topological polar surface area (TPSA) is 49.5 Å². The zero-order chi connectivity index (χ0) is 14.4. The first-order valence-electron chi connectivity index (χ1n) is 6.92. The summed E-state index contributed by atoms with van der Waals surface area (Å²) in [6, 6.07) is 3.12. The fourth-order valence-corrected chi connectivity index (χ4v) is 2.14. The van der Waals surface area contributed by atoms with Crippen molar-refractivity contribution in [1.29, 1.82) is 0 Å². The average molecular weight is 268 g/mol. The number of unbranched alkanes of at least 4 members (excludes halogenated alkanes) is 1. The third-order valence-corrected chi connectivity index (χ3v) is 3.29. The Hall–Kier alpha value is -1.13. The number of anilines is 1. The Bertz CT molecular complexity index is 407. The standard InChI is InChI=1S/C15H25FN2O/c1-4-5-6-18(7-8-19)15-9-11(2)14(16)10-13(15)12(3)17/h9-10,12,19H,4-8,17H2,1-3H3. The van der Waals surface area contributed by atoms with E-state index in [0.717, 1.165) is 30.6 Å². The van der Waals surface area contributed by atoms with E-state index in [4.69, 9.17) is 5.73 Å². The number of aliphatic hydroxyl groups excluding tert-OH is 1. The molecule has 0 heterocycles. The van der Waals surface area contributed by atoms with Crippen LogP contribution in [0.25, 0.3) is 0 Å². The molecule has 108 valence electrons. The quantitative estimate of drug-likeness (QED) is 0.799. The van der Waals surface area contributed by atoms with Gasteiger partial charge in [-0.1, -0.05) is 13.3 Å². The molecule has 0 fully saturated rings. The van der Waals surface area contributed by atoms with Gasteiger partial charge in [-0.05, 0) is 43.5 Å². The molecule has 1 aromatic rings. The molecule has 0 radical (unpaired) electrons. The molecular weight excluding hydrogens is 243 g/mol. The van der Waals surface area contributed by atoms with Gasteiger partial charge < -0.3 is 15.7 Å². The van der Waals surface area contributed by atoms with Crippen LogP contribution in [0.4, 0.5) is 10.1 Å². The highest BCUT2D eigenvalue weighted by molar-refractivity contribution is 5.57. The van der Waals surface area contributed by atoms with Crippen LogP contribution in [0.3, 0.4) is 0 Å². The number of hydrogen-bond donors (Lipinski definition) is 2. The van der Waals surface area contributed by atoms with Gasteiger partial charge in [-0.15, -0.1) is 0 Å². The molecule has 0 bridgehead atoms. The van der Waals surface area contributed by atoms with Gasteiger partial charge in [0.15, 0.2) is 0 Å². The molecule has 3 N–H and O–H groups in total. The largest absolute Gasteiger partial charge is 0.395 e. The summed E-state index contributed by atoms with van der Waals surface area (Å²) in [4.78, 5) is 2.09.